The highest BCUT2D eigenvalue weighted by Crippen LogP contribution is 2.12. The molecular weight excluding hydrogens is 265 g/mol. The lowest BCUT2D eigenvalue weighted by Gasteiger charge is -2.08. The van der Waals surface area contributed by atoms with Crippen molar-refractivity contribution in [2.75, 3.05) is 13.2 Å². The maximum Gasteiger partial charge on any atom is 0.126 e. The topological polar surface area (TPSA) is 21.3 Å². The van der Waals surface area contributed by atoms with Gasteiger partial charge >= 0.3 is 0 Å². The molecule has 2 aromatic rings. The van der Waals surface area contributed by atoms with Gasteiger partial charge in [-0.05, 0) is 48.7 Å². The lowest BCUT2D eigenvalue weighted by atomic mass is 10.1. The van der Waals surface area contributed by atoms with Gasteiger partial charge in [-0.3, -0.25) is 0 Å². The molecule has 112 valence electrons. The Morgan fingerprint density at radius 2 is 1.81 bits per heavy atom. The van der Waals surface area contributed by atoms with Crippen LogP contribution in [-0.2, 0) is 13.0 Å². The summed E-state index contributed by atoms with van der Waals surface area (Å²) in [6, 6.07) is 15.0. The molecule has 2 nitrogen and oxygen atoms in total. The van der Waals surface area contributed by atoms with Gasteiger partial charge in [0.05, 0.1) is 6.61 Å². The van der Waals surface area contributed by atoms with Crippen LogP contribution in [0.2, 0.25) is 0 Å². The van der Waals surface area contributed by atoms with Gasteiger partial charge in [-0.15, -0.1) is 0 Å². The predicted octanol–water partition coefficient (Wildman–Crippen LogP) is 3.95. The van der Waals surface area contributed by atoms with Crippen molar-refractivity contribution in [2.45, 2.75) is 26.3 Å². The van der Waals surface area contributed by atoms with Crippen LogP contribution in [-0.4, -0.2) is 13.2 Å². The smallest absolute Gasteiger partial charge is 0.126 e. The summed E-state index contributed by atoms with van der Waals surface area (Å²) in [6.45, 7) is 4.38. The molecule has 0 unspecified atom stereocenters. The first-order chi connectivity index (χ1) is 10.3. The fourth-order valence-corrected chi connectivity index (χ4v) is 2.08. The van der Waals surface area contributed by atoms with Crippen molar-refractivity contribution in [1.82, 2.24) is 5.32 Å². The second-order valence-corrected chi connectivity index (χ2v) is 5.01. The Morgan fingerprint density at radius 1 is 1.05 bits per heavy atom. The molecule has 0 saturated carbocycles. The van der Waals surface area contributed by atoms with Gasteiger partial charge in [0.2, 0.25) is 0 Å². The van der Waals surface area contributed by atoms with Crippen molar-refractivity contribution in [3.05, 3.63) is 65.5 Å². The van der Waals surface area contributed by atoms with E-state index in [0.29, 0.717) is 6.42 Å². The molecule has 0 fully saturated rings. The molecular formula is C18H22FNO. The maximum absolute atomic E-state index is 13.4. The normalized spacial score (nSPS) is 10.6. The molecule has 0 aliphatic carbocycles. The van der Waals surface area contributed by atoms with E-state index < -0.39 is 0 Å². The molecule has 3 heteroatoms. The molecule has 0 heterocycles. The highest BCUT2D eigenvalue weighted by Gasteiger charge is 2.00. The van der Waals surface area contributed by atoms with Crippen molar-refractivity contribution in [3.8, 4) is 5.75 Å². The Kier molecular flexibility index (Phi) is 6.22. The average molecular weight is 287 g/mol. The first-order valence-corrected chi connectivity index (χ1v) is 7.45. The summed E-state index contributed by atoms with van der Waals surface area (Å²) in [4.78, 5) is 0. The van der Waals surface area contributed by atoms with Crippen LogP contribution < -0.4 is 10.1 Å². The summed E-state index contributed by atoms with van der Waals surface area (Å²) in [5, 5.41) is 3.33. The molecule has 0 spiro atoms. The van der Waals surface area contributed by atoms with Crippen molar-refractivity contribution in [2.24, 2.45) is 0 Å². The minimum absolute atomic E-state index is 0.128. The van der Waals surface area contributed by atoms with Crippen molar-refractivity contribution in [1.29, 1.82) is 0 Å². The zero-order valence-corrected chi connectivity index (χ0v) is 12.4. The molecule has 0 saturated heterocycles. The first-order valence-electron chi connectivity index (χ1n) is 7.45. The maximum atomic E-state index is 13.4. The zero-order chi connectivity index (χ0) is 14.9. The number of hydrogen-bond donors (Lipinski definition) is 1. The molecule has 0 atom stereocenters. The van der Waals surface area contributed by atoms with Crippen molar-refractivity contribution < 1.29 is 9.13 Å². The number of ether oxygens (including phenoxy) is 1. The van der Waals surface area contributed by atoms with Crippen LogP contribution in [0.3, 0.4) is 0 Å². The summed E-state index contributed by atoms with van der Waals surface area (Å²) in [5.41, 5.74) is 1.96. The van der Waals surface area contributed by atoms with E-state index in [4.69, 9.17) is 4.74 Å². The Labute approximate surface area is 126 Å². The average Bonchev–Trinajstić information content (AvgIpc) is 2.52. The lowest BCUT2D eigenvalue weighted by molar-refractivity contribution is 0.317. The van der Waals surface area contributed by atoms with Gasteiger partial charge in [0.15, 0.2) is 0 Å². The van der Waals surface area contributed by atoms with Crippen LogP contribution in [0.15, 0.2) is 48.5 Å². The van der Waals surface area contributed by atoms with Crippen LogP contribution in [0, 0.1) is 5.82 Å². The number of hydrogen-bond acceptors (Lipinski definition) is 2. The number of benzene rings is 2. The van der Waals surface area contributed by atoms with E-state index in [2.05, 4.69) is 24.4 Å². The molecule has 2 rings (SSSR count). The van der Waals surface area contributed by atoms with E-state index in [-0.39, 0.29) is 5.82 Å². The summed E-state index contributed by atoms with van der Waals surface area (Å²) in [6.07, 6.45) is 1.71. The molecule has 21 heavy (non-hydrogen) atoms. The van der Waals surface area contributed by atoms with Crippen LogP contribution in [0.1, 0.15) is 24.5 Å². The SMILES string of the molecule is CCCOc1ccc(CNCCc2ccccc2F)cc1. The number of nitrogens with one attached hydrogen (secondary N) is 1. The van der Waals surface area contributed by atoms with Gasteiger partial charge in [0, 0.05) is 6.54 Å². The van der Waals surface area contributed by atoms with Gasteiger partial charge in [-0.2, -0.15) is 0 Å². The minimum Gasteiger partial charge on any atom is -0.494 e. The third-order valence-corrected chi connectivity index (χ3v) is 3.25. The fraction of sp³-hybridized carbons (Fsp3) is 0.333. The van der Waals surface area contributed by atoms with Gasteiger partial charge in [0.25, 0.3) is 0 Å². The van der Waals surface area contributed by atoms with E-state index >= 15 is 0 Å². The molecule has 0 bridgehead atoms. The highest BCUT2D eigenvalue weighted by atomic mass is 19.1. The van der Waals surface area contributed by atoms with E-state index in [1.54, 1.807) is 6.07 Å². The van der Waals surface area contributed by atoms with Gasteiger partial charge in [-0.25, -0.2) is 4.39 Å². The monoisotopic (exact) mass is 287 g/mol. The summed E-state index contributed by atoms with van der Waals surface area (Å²) in [5.74, 6) is 0.781. The molecule has 0 radical (unpaired) electrons. The number of rotatable bonds is 8. The zero-order valence-electron chi connectivity index (χ0n) is 12.4. The Balaban J connectivity index is 1.72. The second kappa shape index (κ2) is 8.42. The first kappa shape index (κ1) is 15.5. The second-order valence-electron chi connectivity index (χ2n) is 5.01. The summed E-state index contributed by atoms with van der Waals surface area (Å²) < 4.78 is 19.0. The number of halogens is 1. The lowest BCUT2D eigenvalue weighted by Crippen LogP contribution is -2.17. The van der Waals surface area contributed by atoms with E-state index in [9.17, 15) is 4.39 Å². The van der Waals surface area contributed by atoms with Crippen LogP contribution in [0.5, 0.6) is 5.75 Å². The van der Waals surface area contributed by atoms with Crippen LogP contribution in [0.4, 0.5) is 4.39 Å². The van der Waals surface area contributed by atoms with Crippen LogP contribution in [0.25, 0.3) is 0 Å². The minimum atomic E-state index is -0.128. The highest BCUT2D eigenvalue weighted by molar-refractivity contribution is 5.27. The van der Waals surface area contributed by atoms with Crippen molar-refractivity contribution >= 4 is 0 Å². The standard InChI is InChI=1S/C18H22FNO/c1-2-13-21-17-9-7-15(8-10-17)14-20-12-11-16-5-3-4-6-18(16)19/h3-10,20H,2,11-14H2,1H3. The third kappa shape index (κ3) is 5.20. The molecule has 0 amide bonds. The predicted molar refractivity (Wildman–Crippen MR) is 84.0 cm³/mol. The Hall–Kier alpha value is -1.87. The summed E-state index contributed by atoms with van der Waals surface area (Å²) >= 11 is 0. The third-order valence-electron chi connectivity index (χ3n) is 3.25. The van der Waals surface area contributed by atoms with E-state index in [1.807, 2.05) is 24.3 Å². The largest absolute Gasteiger partial charge is 0.494 e. The van der Waals surface area contributed by atoms with Gasteiger partial charge in [0.1, 0.15) is 11.6 Å². The Morgan fingerprint density at radius 3 is 2.52 bits per heavy atom. The molecule has 0 aliphatic heterocycles. The quantitative estimate of drug-likeness (QED) is 0.742. The van der Waals surface area contributed by atoms with Crippen molar-refractivity contribution in [3.63, 3.8) is 0 Å². The molecule has 0 aliphatic rings. The van der Waals surface area contributed by atoms with E-state index in [1.165, 1.54) is 11.6 Å². The van der Waals surface area contributed by atoms with Gasteiger partial charge in [-0.1, -0.05) is 37.3 Å². The molecule has 2 aromatic carbocycles. The van der Waals surface area contributed by atoms with E-state index in [0.717, 1.165) is 37.4 Å². The molecule has 0 aromatic heterocycles. The summed E-state index contributed by atoms with van der Waals surface area (Å²) in [7, 11) is 0. The Bertz CT molecular complexity index is 539. The fourth-order valence-electron chi connectivity index (χ4n) is 2.08. The molecule has 1 N–H and O–H groups in total. The van der Waals surface area contributed by atoms with Crippen LogP contribution >= 0.6 is 0 Å². The van der Waals surface area contributed by atoms with Gasteiger partial charge < -0.3 is 10.1 Å².